The van der Waals surface area contributed by atoms with Crippen LogP contribution in [-0.4, -0.2) is 73.2 Å². The minimum atomic E-state index is -1.90. The van der Waals surface area contributed by atoms with E-state index in [1.165, 1.54) is 6.92 Å². The average molecular weight is 402 g/mol. The average Bonchev–Trinajstić information content (AvgIpc) is 3.14. The Labute approximate surface area is 162 Å². The molecule has 3 aliphatic rings. The summed E-state index contributed by atoms with van der Waals surface area (Å²) in [4.78, 5) is 36.9. The molecule has 0 aromatic heterocycles. The molecule has 0 saturated carbocycles. The van der Waals surface area contributed by atoms with Crippen molar-refractivity contribution in [2.45, 2.75) is 83.1 Å². The van der Waals surface area contributed by atoms with Crippen molar-refractivity contribution >= 4 is 17.9 Å². The van der Waals surface area contributed by atoms with E-state index in [0.29, 0.717) is 0 Å². The van der Waals surface area contributed by atoms with Crippen LogP contribution in [0, 0.1) is 0 Å². The zero-order chi connectivity index (χ0) is 20.7. The van der Waals surface area contributed by atoms with Gasteiger partial charge in [-0.15, -0.1) is 0 Å². The molecule has 0 radical (unpaired) electrons. The fourth-order valence-electron chi connectivity index (χ4n) is 3.86. The molecule has 0 aromatic rings. The summed E-state index contributed by atoms with van der Waals surface area (Å²) in [6, 6.07) is 0. The third-order valence-electron chi connectivity index (χ3n) is 4.76. The fraction of sp³-hybridized carbons (Fsp3) is 0.833. The molecule has 3 aliphatic heterocycles. The van der Waals surface area contributed by atoms with Crippen LogP contribution >= 0.6 is 0 Å². The van der Waals surface area contributed by atoms with E-state index >= 15 is 0 Å². The van der Waals surface area contributed by atoms with Gasteiger partial charge in [-0.1, -0.05) is 0 Å². The van der Waals surface area contributed by atoms with Crippen molar-refractivity contribution in [3.63, 3.8) is 0 Å². The summed E-state index contributed by atoms with van der Waals surface area (Å²) in [5.41, 5.74) is -1.90. The van der Waals surface area contributed by atoms with Gasteiger partial charge in [-0.05, 0) is 27.7 Å². The molecule has 0 bridgehead atoms. The topological polar surface area (TPSA) is 116 Å². The second-order valence-electron chi connectivity index (χ2n) is 7.27. The van der Waals surface area contributed by atoms with Crippen LogP contribution in [0.4, 0.5) is 0 Å². The maximum absolute atomic E-state index is 12.9. The van der Waals surface area contributed by atoms with Gasteiger partial charge in [0.25, 0.3) is 0 Å². The first-order chi connectivity index (χ1) is 13.1. The Balaban J connectivity index is 1.95. The van der Waals surface area contributed by atoms with Crippen LogP contribution < -0.4 is 0 Å². The standard InChI is InChI=1S/C18H26O10/c1-6-22-10(20)8-18(16(21)23-7-2)14(24-9(3)19)12-11(27-18)13-15(25-12)28-17(4,5)26-13/h11-15H,6-8H2,1-5H3/t11-,12-,13+,14-,15+,18+/m0/s1. The Morgan fingerprint density at radius 2 is 1.61 bits per heavy atom. The molecule has 28 heavy (non-hydrogen) atoms. The van der Waals surface area contributed by atoms with Gasteiger partial charge in [0.05, 0.1) is 19.6 Å². The Morgan fingerprint density at radius 1 is 0.929 bits per heavy atom. The number of fused-ring (bicyclic) bond motifs is 3. The second-order valence-corrected chi connectivity index (χ2v) is 7.27. The maximum atomic E-state index is 12.9. The largest absolute Gasteiger partial charge is 0.466 e. The molecular weight excluding hydrogens is 376 g/mol. The normalized spacial score (nSPS) is 37.8. The van der Waals surface area contributed by atoms with Gasteiger partial charge in [0.15, 0.2) is 18.2 Å². The first-order valence-corrected chi connectivity index (χ1v) is 9.32. The van der Waals surface area contributed by atoms with E-state index in [-0.39, 0.29) is 13.2 Å². The first kappa shape index (κ1) is 21.0. The van der Waals surface area contributed by atoms with Gasteiger partial charge in [0, 0.05) is 6.92 Å². The van der Waals surface area contributed by atoms with Crippen LogP contribution in [0.5, 0.6) is 0 Å². The highest BCUT2D eigenvalue weighted by Crippen LogP contribution is 2.49. The van der Waals surface area contributed by atoms with Crippen LogP contribution in [0.25, 0.3) is 0 Å². The third-order valence-corrected chi connectivity index (χ3v) is 4.76. The molecule has 0 amide bonds. The molecule has 3 rings (SSSR count). The van der Waals surface area contributed by atoms with E-state index in [0.717, 1.165) is 0 Å². The predicted octanol–water partition coefficient (Wildman–Crippen LogP) is 0.448. The molecular formula is C18H26O10. The zero-order valence-electron chi connectivity index (χ0n) is 16.6. The summed E-state index contributed by atoms with van der Waals surface area (Å²) in [7, 11) is 0. The monoisotopic (exact) mass is 402 g/mol. The molecule has 0 unspecified atom stereocenters. The number of hydrogen-bond donors (Lipinski definition) is 0. The number of carbonyl (C=O) groups is 3. The lowest BCUT2D eigenvalue weighted by molar-refractivity contribution is -0.217. The molecule has 6 atom stereocenters. The van der Waals surface area contributed by atoms with Gasteiger partial charge in [-0.3, -0.25) is 9.59 Å². The van der Waals surface area contributed by atoms with Gasteiger partial charge in [-0.2, -0.15) is 0 Å². The van der Waals surface area contributed by atoms with Crippen LogP contribution in [-0.2, 0) is 47.5 Å². The van der Waals surface area contributed by atoms with Gasteiger partial charge in [0.1, 0.15) is 18.3 Å². The highest BCUT2D eigenvalue weighted by atomic mass is 16.9. The molecule has 0 aromatic carbocycles. The lowest BCUT2D eigenvalue weighted by Gasteiger charge is -2.32. The van der Waals surface area contributed by atoms with E-state index in [2.05, 4.69) is 0 Å². The lowest BCUT2D eigenvalue weighted by atomic mass is 9.90. The van der Waals surface area contributed by atoms with Crippen molar-refractivity contribution in [2.75, 3.05) is 13.2 Å². The van der Waals surface area contributed by atoms with Crippen LogP contribution in [0.15, 0.2) is 0 Å². The summed E-state index contributed by atoms with van der Waals surface area (Å²) in [6.45, 7) is 8.07. The predicted molar refractivity (Wildman–Crippen MR) is 89.7 cm³/mol. The molecule has 3 saturated heterocycles. The van der Waals surface area contributed by atoms with E-state index in [9.17, 15) is 14.4 Å². The molecule has 0 N–H and O–H groups in total. The molecule has 158 valence electrons. The SMILES string of the molecule is CCOC(=O)C[C@@]1(C(=O)OCC)O[C@@H]2[C@H]3OC(C)(C)O[C@H]3O[C@@H]2[C@@H]1OC(C)=O. The molecule has 10 heteroatoms. The van der Waals surface area contributed by atoms with E-state index in [4.69, 9.17) is 33.2 Å². The van der Waals surface area contributed by atoms with Gasteiger partial charge in [-0.25, -0.2) is 4.79 Å². The minimum Gasteiger partial charge on any atom is -0.466 e. The molecule has 10 nitrogen and oxygen atoms in total. The fourth-order valence-corrected chi connectivity index (χ4v) is 3.86. The van der Waals surface area contributed by atoms with E-state index in [1.54, 1.807) is 27.7 Å². The number of rotatable bonds is 6. The summed E-state index contributed by atoms with van der Waals surface area (Å²) in [6.07, 6.45) is -4.78. The number of ether oxygens (including phenoxy) is 7. The lowest BCUT2D eigenvalue weighted by Crippen LogP contribution is -2.55. The van der Waals surface area contributed by atoms with E-state index < -0.39 is 66.4 Å². The minimum absolute atomic E-state index is 0.0500. The second kappa shape index (κ2) is 7.58. The van der Waals surface area contributed by atoms with Crippen LogP contribution in [0.3, 0.4) is 0 Å². The van der Waals surface area contributed by atoms with Crippen LogP contribution in [0.2, 0.25) is 0 Å². The quantitative estimate of drug-likeness (QED) is 0.458. The Kier molecular flexibility index (Phi) is 5.68. The number of esters is 3. The zero-order valence-corrected chi connectivity index (χ0v) is 16.6. The Morgan fingerprint density at radius 3 is 2.21 bits per heavy atom. The molecule has 3 fully saturated rings. The van der Waals surface area contributed by atoms with Gasteiger partial charge in [0.2, 0.25) is 5.60 Å². The molecule has 0 spiro atoms. The van der Waals surface area contributed by atoms with Crippen LogP contribution in [0.1, 0.15) is 41.0 Å². The highest BCUT2D eigenvalue weighted by Gasteiger charge is 2.71. The van der Waals surface area contributed by atoms with Crippen molar-refractivity contribution in [1.29, 1.82) is 0 Å². The third kappa shape index (κ3) is 3.61. The Hall–Kier alpha value is -1.75. The van der Waals surface area contributed by atoms with Gasteiger partial charge < -0.3 is 33.2 Å². The van der Waals surface area contributed by atoms with Crippen molar-refractivity contribution in [3.05, 3.63) is 0 Å². The smallest absolute Gasteiger partial charge is 0.343 e. The molecule has 3 heterocycles. The van der Waals surface area contributed by atoms with Gasteiger partial charge >= 0.3 is 17.9 Å². The summed E-state index contributed by atoms with van der Waals surface area (Å²) in [5.74, 6) is -3.08. The molecule has 0 aliphatic carbocycles. The van der Waals surface area contributed by atoms with Crippen molar-refractivity contribution in [3.8, 4) is 0 Å². The van der Waals surface area contributed by atoms with E-state index in [1.807, 2.05) is 0 Å². The van der Waals surface area contributed by atoms with Crippen molar-refractivity contribution < 1.29 is 47.5 Å². The summed E-state index contributed by atoms with van der Waals surface area (Å²) in [5, 5.41) is 0. The van der Waals surface area contributed by atoms with Crippen molar-refractivity contribution in [1.82, 2.24) is 0 Å². The first-order valence-electron chi connectivity index (χ1n) is 9.32. The summed E-state index contributed by atoms with van der Waals surface area (Å²) >= 11 is 0. The Bertz CT molecular complexity index is 646. The highest BCUT2D eigenvalue weighted by molar-refractivity contribution is 5.88. The number of hydrogen-bond acceptors (Lipinski definition) is 10. The van der Waals surface area contributed by atoms with Crippen molar-refractivity contribution in [2.24, 2.45) is 0 Å². The maximum Gasteiger partial charge on any atom is 0.343 e. The number of carbonyl (C=O) groups excluding carboxylic acids is 3. The summed E-state index contributed by atoms with van der Waals surface area (Å²) < 4.78 is 39.0.